The molecule has 1 unspecified atom stereocenters. The predicted octanol–water partition coefficient (Wildman–Crippen LogP) is 0.244. The molecule has 4 nitrogen and oxygen atoms in total. The molecule has 5 heteroatoms. The van der Waals surface area contributed by atoms with Crippen molar-refractivity contribution in [2.45, 2.75) is 5.44 Å². The fourth-order valence-corrected chi connectivity index (χ4v) is 0.949. The van der Waals surface area contributed by atoms with Gasteiger partial charge in [-0.3, -0.25) is 4.55 Å². The minimum absolute atomic E-state index is 0.565. The Morgan fingerprint density at radius 1 is 1.21 bits per heavy atom. The fourth-order valence-electron chi connectivity index (χ4n) is 0.741. The van der Waals surface area contributed by atoms with Crippen molar-refractivity contribution in [2.24, 2.45) is 0 Å². The SMILES string of the molecule is O=S(=O)(O)C(O)C#Cc1ccccc1. The quantitative estimate of drug-likeness (QED) is 0.516. The zero-order valence-electron chi connectivity index (χ0n) is 7.08. The van der Waals surface area contributed by atoms with E-state index in [0.717, 1.165) is 0 Å². The number of benzene rings is 1. The molecule has 0 amide bonds. The molecule has 14 heavy (non-hydrogen) atoms. The van der Waals surface area contributed by atoms with Gasteiger partial charge in [0.15, 0.2) is 0 Å². The van der Waals surface area contributed by atoms with E-state index in [-0.39, 0.29) is 0 Å². The van der Waals surface area contributed by atoms with Crippen molar-refractivity contribution in [1.82, 2.24) is 0 Å². The molecule has 0 saturated heterocycles. The van der Waals surface area contributed by atoms with E-state index >= 15 is 0 Å². The fraction of sp³-hybridized carbons (Fsp3) is 0.111. The second kappa shape index (κ2) is 4.24. The van der Waals surface area contributed by atoms with Crippen LogP contribution in [0.3, 0.4) is 0 Å². The summed E-state index contributed by atoms with van der Waals surface area (Å²) in [6, 6.07) is 8.55. The van der Waals surface area contributed by atoms with Gasteiger partial charge in [0.05, 0.1) is 0 Å². The number of hydrogen-bond donors (Lipinski definition) is 2. The largest absolute Gasteiger partial charge is 0.365 e. The summed E-state index contributed by atoms with van der Waals surface area (Å²) in [5, 5.41) is 8.84. The lowest BCUT2D eigenvalue weighted by Gasteiger charge is -1.95. The van der Waals surface area contributed by atoms with Crippen LogP contribution in [-0.4, -0.2) is 23.5 Å². The highest BCUT2D eigenvalue weighted by Crippen LogP contribution is 1.97. The van der Waals surface area contributed by atoms with Gasteiger partial charge in [-0.1, -0.05) is 24.1 Å². The van der Waals surface area contributed by atoms with Gasteiger partial charge in [0.1, 0.15) is 0 Å². The highest BCUT2D eigenvalue weighted by Gasteiger charge is 2.15. The molecule has 74 valence electrons. The Kier molecular flexibility index (Phi) is 3.25. The predicted molar refractivity (Wildman–Crippen MR) is 50.9 cm³/mol. The lowest BCUT2D eigenvalue weighted by atomic mass is 10.2. The van der Waals surface area contributed by atoms with Gasteiger partial charge >= 0.3 is 10.1 Å². The van der Waals surface area contributed by atoms with Crippen molar-refractivity contribution < 1.29 is 18.1 Å². The van der Waals surface area contributed by atoms with Gasteiger partial charge in [0, 0.05) is 5.56 Å². The molecule has 0 bridgehead atoms. The maximum absolute atomic E-state index is 10.4. The van der Waals surface area contributed by atoms with E-state index in [1.807, 2.05) is 5.92 Å². The molecule has 1 aromatic carbocycles. The molecule has 0 aromatic heterocycles. The zero-order chi connectivity index (χ0) is 10.6. The Balaban J connectivity index is 2.85. The second-order valence-electron chi connectivity index (χ2n) is 2.50. The summed E-state index contributed by atoms with van der Waals surface area (Å²) < 4.78 is 29.1. The molecule has 1 aromatic rings. The van der Waals surface area contributed by atoms with Crippen LogP contribution in [0.2, 0.25) is 0 Å². The van der Waals surface area contributed by atoms with Crippen LogP contribution in [0, 0.1) is 11.8 Å². The summed E-state index contributed by atoms with van der Waals surface area (Å²) >= 11 is 0. The summed E-state index contributed by atoms with van der Waals surface area (Å²) in [4.78, 5) is 0. The third-order valence-electron chi connectivity index (χ3n) is 1.40. The first-order chi connectivity index (χ1) is 6.50. The molecule has 0 saturated carbocycles. The standard InChI is InChI=1S/C9H8O4S/c10-9(14(11,12)13)7-6-8-4-2-1-3-5-8/h1-5,9-10H,(H,11,12,13). The monoisotopic (exact) mass is 212 g/mol. The van der Waals surface area contributed by atoms with Crippen molar-refractivity contribution in [3.05, 3.63) is 35.9 Å². The van der Waals surface area contributed by atoms with Gasteiger partial charge in [-0.15, -0.1) is 0 Å². The third kappa shape index (κ3) is 3.18. The minimum atomic E-state index is -4.49. The molecule has 0 heterocycles. The van der Waals surface area contributed by atoms with E-state index in [1.54, 1.807) is 30.3 Å². The van der Waals surface area contributed by atoms with Crippen molar-refractivity contribution >= 4 is 10.1 Å². The van der Waals surface area contributed by atoms with E-state index < -0.39 is 15.6 Å². The Morgan fingerprint density at radius 2 is 1.79 bits per heavy atom. The molecule has 0 radical (unpaired) electrons. The number of hydrogen-bond acceptors (Lipinski definition) is 3. The molecule has 0 spiro atoms. The Labute approximate surface area is 81.9 Å². The van der Waals surface area contributed by atoms with E-state index in [9.17, 15) is 8.42 Å². The van der Waals surface area contributed by atoms with E-state index in [4.69, 9.17) is 9.66 Å². The highest BCUT2D eigenvalue weighted by atomic mass is 32.2. The molecule has 0 aliphatic heterocycles. The summed E-state index contributed by atoms with van der Waals surface area (Å²) in [5.41, 5.74) is -1.49. The van der Waals surface area contributed by atoms with Gasteiger partial charge in [-0.05, 0) is 18.1 Å². The summed E-state index contributed by atoms with van der Waals surface area (Å²) in [5.74, 6) is 4.42. The third-order valence-corrected chi connectivity index (χ3v) is 2.08. The molecular weight excluding hydrogens is 204 g/mol. The molecule has 2 N–H and O–H groups in total. The van der Waals surface area contributed by atoms with Gasteiger partial charge in [0.2, 0.25) is 5.44 Å². The average Bonchev–Trinajstić information content (AvgIpc) is 2.14. The van der Waals surface area contributed by atoms with Crippen molar-refractivity contribution in [3.63, 3.8) is 0 Å². The van der Waals surface area contributed by atoms with Gasteiger partial charge in [-0.25, -0.2) is 0 Å². The van der Waals surface area contributed by atoms with E-state index in [0.29, 0.717) is 5.56 Å². The average molecular weight is 212 g/mol. The molecular formula is C9H8O4S. The number of aliphatic hydroxyl groups is 1. The second-order valence-corrected chi connectivity index (χ2v) is 3.98. The van der Waals surface area contributed by atoms with Gasteiger partial charge < -0.3 is 5.11 Å². The highest BCUT2D eigenvalue weighted by molar-refractivity contribution is 7.86. The first-order valence-corrected chi connectivity index (χ1v) is 5.21. The molecule has 0 fully saturated rings. The maximum atomic E-state index is 10.4. The van der Waals surface area contributed by atoms with Crippen LogP contribution < -0.4 is 0 Å². The first kappa shape index (κ1) is 10.7. The number of rotatable bonds is 1. The molecule has 0 aliphatic rings. The van der Waals surface area contributed by atoms with Crippen LogP contribution in [0.5, 0.6) is 0 Å². The normalized spacial score (nSPS) is 12.7. The van der Waals surface area contributed by atoms with Crippen LogP contribution in [-0.2, 0) is 10.1 Å². The van der Waals surface area contributed by atoms with Crippen molar-refractivity contribution in [2.75, 3.05) is 0 Å². The molecule has 0 aliphatic carbocycles. The lowest BCUT2D eigenvalue weighted by Crippen LogP contribution is -2.17. The van der Waals surface area contributed by atoms with Crippen LogP contribution in [0.15, 0.2) is 30.3 Å². The van der Waals surface area contributed by atoms with Crippen LogP contribution in [0.25, 0.3) is 0 Å². The molecule has 1 atom stereocenters. The van der Waals surface area contributed by atoms with Crippen LogP contribution >= 0.6 is 0 Å². The zero-order valence-corrected chi connectivity index (χ0v) is 7.90. The molecule has 1 rings (SSSR count). The van der Waals surface area contributed by atoms with Crippen LogP contribution in [0.1, 0.15) is 5.56 Å². The Hall–Kier alpha value is -1.35. The Morgan fingerprint density at radius 3 is 2.29 bits per heavy atom. The lowest BCUT2D eigenvalue weighted by molar-refractivity contribution is 0.283. The summed E-state index contributed by atoms with van der Waals surface area (Å²) in [6.07, 6.45) is 0. The van der Waals surface area contributed by atoms with E-state index in [2.05, 4.69) is 5.92 Å². The smallest absolute Gasteiger partial charge is 0.304 e. The number of aliphatic hydroxyl groups excluding tert-OH is 1. The van der Waals surface area contributed by atoms with Gasteiger partial charge in [0.25, 0.3) is 0 Å². The topological polar surface area (TPSA) is 74.6 Å². The van der Waals surface area contributed by atoms with Crippen molar-refractivity contribution in [1.29, 1.82) is 0 Å². The first-order valence-electron chi connectivity index (χ1n) is 3.71. The van der Waals surface area contributed by atoms with E-state index in [1.165, 1.54) is 0 Å². The Bertz CT molecular complexity index is 453. The summed E-state index contributed by atoms with van der Waals surface area (Å²) in [6.45, 7) is 0. The minimum Gasteiger partial charge on any atom is -0.365 e. The van der Waals surface area contributed by atoms with Crippen molar-refractivity contribution in [3.8, 4) is 11.8 Å². The van der Waals surface area contributed by atoms with Crippen LogP contribution in [0.4, 0.5) is 0 Å². The summed E-state index contributed by atoms with van der Waals surface area (Å²) in [7, 11) is -4.49. The maximum Gasteiger partial charge on any atom is 0.304 e. The van der Waals surface area contributed by atoms with Gasteiger partial charge in [-0.2, -0.15) is 8.42 Å².